The summed E-state index contributed by atoms with van der Waals surface area (Å²) in [5.74, 6) is 2.57. The molecule has 1 aliphatic carbocycles. The minimum Gasteiger partial charge on any atom is -0.353 e. The van der Waals surface area contributed by atoms with Gasteiger partial charge in [0, 0.05) is 19.0 Å². The molecule has 0 unspecified atom stereocenters. The Morgan fingerprint density at radius 1 is 1.04 bits per heavy atom. The fraction of sp³-hybridized carbons (Fsp3) is 0.905. The first kappa shape index (κ1) is 22.5. The highest BCUT2D eigenvalue weighted by molar-refractivity contribution is 7.98. The fourth-order valence-corrected chi connectivity index (χ4v) is 4.53. The summed E-state index contributed by atoms with van der Waals surface area (Å²) in [6.45, 7) is 8.40. The van der Waals surface area contributed by atoms with Crippen LogP contribution in [0.1, 0.15) is 58.8 Å². The van der Waals surface area contributed by atoms with Crippen molar-refractivity contribution < 1.29 is 9.59 Å². The van der Waals surface area contributed by atoms with Gasteiger partial charge in [-0.1, -0.05) is 13.8 Å². The molecule has 2 rings (SSSR count). The maximum atomic E-state index is 12.7. The number of hydrogen-bond acceptors (Lipinski definition) is 4. The number of piperidine rings is 1. The predicted molar refractivity (Wildman–Crippen MR) is 114 cm³/mol. The first-order chi connectivity index (χ1) is 13.0. The van der Waals surface area contributed by atoms with Crippen LogP contribution < -0.4 is 10.6 Å². The van der Waals surface area contributed by atoms with Crippen molar-refractivity contribution in [2.45, 2.75) is 64.8 Å². The van der Waals surface area contributed by atoms with Gasteiger partial charge in [-0.05, 0) is 81.9 Å². The van der Waals surface area contributed by atoms with Gasteiger partial charge < -0.3 is 15.5 Å². The average molecular weight is 398 g/mol. The van der Waals surface area contributed by atoms with E-state index in [1.54, 1.807) is 11.8 Å². The molecular formula is C21H39N3O2S. The van der Waals surface area contributed by atoms with E-state index in [9.17, 15) is 9.59 Å². The lowest BCUT2D eigenvalue weighted by Gasteiger charge is -2.30. The van der Waals surface area contributed by atoms with Gasteiger partial charge in [-0.15, -0.1) is 0 Å². The second-order valence-electron chi connectivity index (χ2n) is 8.61. The van der Waals surface area contributed by atoms with E-state index < -0.39 is 6.04 Å². The van der Waals surface area contributed by atoms with E-state index >= 15 is 0 Å². The van der Waals surface area contributed by atoms with Gasteiger partial charge in [0.05, 0.1) is 0 Å². The first-order valence-electron chi connectivity index (χ1n) is 10.8. The van der Waals surface area contributed by atoms with Crippen LogP contribution in [0.4, 0.5) is 0 Å². The average Bonchev–Trinajstić information content (AvgIpc) is 2.67. The zero-order valence-corrected chi connectivity index (χ0v) is 18.3. The van der Waals surface area contributed by atoms with Crippen molar-refractivity contribution in [3.63, 3.8) is 0 Å². The molecule has 0 radical (unpaired) electrons. The molecule has 1 aliphatic heterocycles. The van der Waals surface area contributed by atoms with Crippen molar-refractivity contribution in [3.05, 3.63) is 0 Å². The van der Waals surface area contributed by atoms with Crippen LogP contribution in [-0.4, -0.2) is 60.9 Å². The number of nitrogens with one attached hydrogen (secondary N) is 2. The molecule has 2 aliphatic rings. The lowest BCUT2D eigenvalue weighted by molar-refractivity contribution is -0.132. The van der Waals surface area contributed by atoms with Crippen molar-refractivity contribution >= 4 is 23.6 Å². The normalized spacial score (nSPS) is 25.7. The molecule has 6 heteroatoms. The molecule has 2 amide bonds. The van der Waals surface area contributed by atoms with Crippen LogP contribution in [0.5, 0.6) is 0 Å². The fourth-order valence-electron chi connectivity index (χ4n) is 4.06. The number of carbonyl (C=O) groups excluding carboxylic acids is 2. The predicted octanol–water partition coefficient (Wildman–Crippen LogP) is 2.90. The van der Waals surface area contributed by atoms with Gasteiger partial charge in [-0.2, -0.15) is 11.8 Å². The molecule has 1 saturated heterocycles. The highest BCUT2D eigenvalue weighted by atomic mass is 32.2. The van der Waals surface area contributed by atoms with Crippen molar-refractivity contribution in [2.24, 2.45) is 17.8 Å². The Balaban J connectivity index is 1.75. The summed E-state index contributed by atoms with van der Waals surface area (Å²) in [5, 5.41) is 6.11. The van der Waals surface area contributed by atoms with E-state index in [0.717, 1.165) is 62.9 Å². The molecule has 2 N–H and O–H groups in total. The molecule has 5 nitrogen and oxygen atoms in total. The number of rotatable bonds is 9. The zero-order valence-electron chi connectivity index (χ0n) is 17.5. The highest BCUT2D eigenvalue weighted by Gasteiger charge is 2.28. The molecule has 0 bridgehead atoms. The van der Waals surface area contributed by atoms with Gasteiger partial charge >= 0.3 is 0 Å². The summed E-state index contributed by atoms with van der Waals surface area (Å²) in [7, 11) is 0. The SMILES string of the molecule is CSCC[C@H](NC(=O)C1CCC(C)CC1)C(=O)NCCN1CCC(C)CC1. The molecule has 1 heterocycles. The summed E-state index contributed by atoms with van der Waals surface area (Å²) >= 11 is 1.72. The van der Waals surface area contributed by atoms with E-state index in [4.69, 9.17) is 0 Å². The number of carbonyl (C=O) groups is 2. The molecule has 0 aromatic heterocycles. The highest BCUT2D eigenvalue weighted by Crippen LogP contribution is 2.28. The summed E-state index contributed by atoms with van der Waals surface area (Å²) in [6, 6.07) is -0.398. The lowest BCUT2D eigenvalue weighted by Crippen LogP contribution is -2.50. The monoisotopic (exact) mass is 397 g/mol. The Labute approximate surface area is 169 Å². The molecule has 156 valence electrons. The third kappa shape index (κ3) is 8.02. The molecule has 27 heavy (non-hydrogen) atoms. The number of hydrogen-bond donors (Lipinski definition) is 2. The van der Waals surface area contributed by atoms with Gasteiger partial charge in [-0.25, -0.2) is 0 Å². The Morgan fingerprint density at radius 3 is 2.30 bits per heavy atom. The second kappa shape index (κ2) is 11.9. The quantitative estimate of drug-likeness (QED) is 0.628. The summed E-state index contributed by atoms with van der Waals surface area (Å²) in [4.78, 5) is 27.7. The van der Waals surface area contributed by atoms with Crippen LogP contribution in [0.25, 0.3) is 0 Å². The summed E-state index contributed by atoms with van der Waals surface area (Å²) in [6.07, 6.45) is 9.39. The van der Waals surface area contributed by atoms with Crippen LogP contribution in [0, 0.1) is 17.8 Å². The number of amides is 2. The molecule has 0 spiro atoms. The van der Waals surface area contributed by atoms with E-state index in [2.05, 4.69) is 29.4 Å². The minimum atomic E-state index is -0.398. The van der Waals surface area contributed by atoms with Crippen LogP contribution >= 0.6 is 11.8 Å². The van der Waals surface area contributed by atoms with Crippen molar-refractivity contribution in [1.29, 1.82) is 0 Å². The molecule has 0 aromatic carbocycles. The van der Waals surface area contributed by atoms with Gasteiger partial charge in [0.2, 0.25) is 11.8 Å². The zero-order chi connectivity index (χ0) is 19.6. The number of nitrogens with zero attached hydrogens (tertiary/aromatic N) is 1. The molecule has 0 aromatic rings. The third-order valence-electron chi connectivity index (χ3n) is 6.23. The van der Waals surface area contributed by atoms with E-state index in [1.807, 2.05) is 6.26 Å². The van der Waals surface area contributed by atoms with Gasteiger partial charge in [0.25, 0.3) is 0 Å². The summed E-state index contributed by atoms with van der Waals surface area (Å²) < 4.78 is 0. The molecule has 1 saturated carbocycles. The van der Waals surface area contributed by atoms with Crippen LogP contribution in [0.3, 0.4) is 0 Å². The van der Waals surface area contributed by atoms with E-state index in [-0.39, 0.29) is 17.7 Å². The minimum absolute atomic E-state index is 0.0213. The second-order valence-corrected chi connectivity index (χ2v) is 9.60. The topological polar surface area (TPSA) is 61.4 Å². The van der Waals surface area contributed by atoms with Crippen molar-refractivity contribution in [3.8, 4) is 0 Å². The van der Waals surface area contributed by atoms with Gasteiger partial charge in [0.1, 0.15) is 6.04 Å². The Morgan fingerprint density at radius 2 is 1.67 bits per heavy atom. The Kier molecular flexibility index (Phi) is 9.98. The number of likely N-dealkylation sites (tertiary alicyclic amines) is 1. The maximum Gasteiger partial charge on any atom is 0.242 e. The van der Waals surface area contributed by atoms with Crippen molar-refractivity contribution in [1.82, 2.24) is 15.5 Å². The van der Waals surface area contributed by atoms with Crippen LogP contribution in [0.2, 0.25) is 0 Å². The number of thioether (sulfide) groups is 1. The maximum absolute atomic E-state index is 12.7. The van der Waals surface area contributed by atoms with Crippen molar-refractivity contribution in [2.75, 3.05) is 38.2 Å². The summed E-state index contributed by atoms with van der Waals surface area (Å²) in [5.41, 5.74) is 0. The lowest BCUT2D eigenvalue weighted by atomic mass is 9.82. The standard InChI is InChI=1S/C21H39N3O2S/c1-16-4-6-18(7-5-16)20(25)23-19(10-15-27-3)21(26)22-11-14-24-12-8-17(2)9-13-24/h16-19H,4-15H2,1-3H3,(H,22,26)(H,23,25)/t16?,18?,19-/m0/s1. The molecular weight excluding hydrogens is 358 g/mol. The van der Waals surface area contributed by atoms with Gasteiger partial charge in [-0.3, -0.25) is 9.59 Å². The molecule has 2 fully saturated rings. The van der Waals surface area contributed by atoms with E-state index in [0.29, 0.717) is 13.0 Å². The smallest absolute Gasteiger partial charge is 0.242 e. The first-order valence-corrected chi connectivity index (χ1v) is 12.2. The largest absolute Gasteiger partial charge is 0.353 e. The Hall–Kier alpha value is -0.750. The molecule has 1 atom stereocenters. The van der Waals surface area contributed by atoms with Crippen LogP contribution in [0.15, 0.2) is 0 Å². The van der Waals surface area contributed by atoms with Crippen LogP contribution in [-0.2, 0) is 9.59 Å². The van der Waals surface area contributed by atoms with E-state index in [1.165, 1.54) is 12.8 Å². The van der Waals surface area contributed by atoms with Gasteiger partial charge in [0.15, 0.2) is 0 Å². The Bertz CT molecular complexity index is 458. The third-order valence-corrected chi connectivity index (χ3v) is 6.88.